The van der Waals surface area contributed by atoms with E-state index in [4.69, 9.17) is 9.47 Å². The predicted molar refractivity (Wildman–Crippen MR) is 106 cm³/mol. The summed E-state index contributed by atoms with van der Waals surface area (Å²) in [6.45, 7) is 8.37. The van der Waals surface area contributed by atoms with Gasteiger partial charge >= 0.3 is 0 Å². The molecule has 6 nitrogen and oxygen atoms in total. The Morgan fingerprint density at radius 3 is 2.70 bits per heavy atom. The van der Waals surface area contributed by atoms with E-state index in [-0.39, 0.29) is 0 Å². The van der Waals surface area contributed by atoms with E-state index < -0.39 is 0 Å². The highest BCUT2D eigenvalue weighted by atomic mass is 16.5. The molecule has 0 atom stereocenters. The van der Waals surface area contributed by atoms with Crippen molar-refractivity contribution in [2.75, 3.05) is 39.5 Å². The lowest BCUT2D eigenvalue weighted by atomic mass is 10.1. The van der Waals surface area contributed by atoms with E-state index in [2.05, 4.69) is 38.5 Å². The maximum absolute atomic E-state index is 6.12. The van der Waals surface area contributed by atoms with E-state index in [1.807, 2.05) is 30.7 Å². The molecule has 0 saturated carbocycles. The average Bonchev–Trinajstić information content (AvgIpc) is 3.17. The number of pyridine rings is 1. The van der Waals surface area contributed by atoms with Crippen LogP contribution in [-0.4, -0.2) is 58.9 Å². The molecular formula is C21H26N4O2. The Bertz CT molecular complexity index is 873. The summed E-state index contributed by atoms with van der Waals surface area (Å²) in [7, 11) is 0. The number of ether oxygens (including phenoxy) is 2. The van der Waals surface area contributed by atoms with Crippen LogP contribution in [0.2, 0.25) is 0 Å². The van der Waals surface area contributed by atoms with Gasteiger partial charge in [0.2, 0.25) is 0 Å². The molecule has 0 spiro atoms. The molecule has 1 aliphatic rings. The third-order valence-electron chi connectivity index (χ3n) is 4.97. The summed E-state index contributed by atoms with van der Waals surface area (Å²) < 4.78 is 13.6. The van der Waals surface area contributed by atoms with E-state index >= 15 is 0 Å². The molecule has 0 amide bonds. The van der Waals surface area contributed by atoms with Crippen LogP contribution in [0.15, 0.2) is 42.9 Å². The first-order valence-corrected chi connectivity index (χ1v) is 9.69. The summed E-state index contributed by atoms with van der Waals surface area (Å²) in [6, 6.07) is 10.2. The van der Waals surface area contributed by atoms with E-state index in [0.717, 1.165) is 73.9 Å². The molecule has 2 aromatic heterocycles. The highest BCUT2D eigenvalue weighted by Gasteiger charge is 2.16. The van der Waals surface area contributed by atoms with Gasteiger partial charge < -0.3 is 14.0 Å². The number of imidazole rings is 1. The quantitative estimate of drug-likeness (QED) is 0.601. The Hall–Kier alpha value is -2.44. The Kier molecular flexibility index (Phi) is 5.65. The van der Waals surface area contributed by atoms with Crippen LogP contribution in [0.5, 0.6) is 5.75 Å². The highest BCUT2D eigenvalue weighted by Crippen LogP contribution is 2.31. The molecular weight excluding hydrogens is 340 g/mol. The fourth-order valence-corrected chi connectivity index (χ4v) is 3.51. The molecule has 3 heterocycles. The Labute approximate surface area is 159 Å². The van der Waals surface area contributed by atoms with Crippen LogP contribution in [0.4, 0.5) is 0 Å². The zero-order chi connectivity index (χ0) is 18.5. The van der Waals surface area contributed by atoms with Crippen LogP contribution in [0.25, 0.3) is 22.3 Å². The minimum Gasteiger partial charge on any atom is -0.490 e. The second kappa shape index (κ2) is 8.50. The summed E-state index contributed by atoms with van der Waals surface area (Å²) in [4.78, 5) is 11.7. The normalized spacial score (nSPS) is 15.3. The van der Waals surface area contributed by atoms with Crippen LogP contribution in [0.3, 0.4) is 0 Å². The van der Waals surface area contributed by atoms with Gasteiger partial charge in [-0.2, -0.15) is 0 Å². The number of nitrogens with zero attached hydrogens (tertiary/aromatic N) is 4. The highest BCUT2D eigenvalue weighted by molar-refractivity contribution is 5.93. The van der Waals surface area contributed by atoms with Crippen LogP contribution in [0, 0.1) is 0 Å². The zero-order valence-corrected chi connectivity index (χ0v) is 15.8. The largest absolute Gasteiger partial charge is 0.490 e. The van der Waals surface area contributed by atoms with Gasteiger partial charge in [0.15, 0.2) is 5.75 Å². The molecule has 1 fully saturated rings. The van der Waals surface area contributed by atoms with Gasteiger partial charge in [-0.15, -0.1) is 0 Å². The molecule has 0 aliphatic carbocycles. The van der Waals surface area contributed by atoms with Crippen molar-refractivity contribution in [1.29, 1.82) is 0 Å². The van der Waals surface area contributed by atoms with Gasteiger partial charge in [-0.25, -0.2) is 9.97 Å². The van der Waals surface area contributed by atoms with Gasteiger partial charge in [-0.05, 0) is 13.3 Å². The number of hydrogen-bond donors (Lipinski definition) is 0. The minimum atomic E-state index is 0.674. The van der Waals surface area contributed by atoms with E-state index in [1.54, 1.807) is 0 Å². The van der Waals surface area contributed by atoms with Crippen molar-refractivity contribution >= 4 is 11.0 Å². The van der Waals surface area contributed by atoms with E-state index in [0.29, 0.717) is 6.61 Å². The second-order valence-corrected chi connectivity index (χ2v) is 6.72. The van der Waals surface area contributed by atoms with Gasteiger partial charge in [0.05, 0.1) is 38.0 Å². The van der Waals surface area contributed by atoms with Crippen LogP contribution in [-0.2, 0) is 11.3 Å². The first kappa shape index (κ1) is 17.9. The van der Waals surface area contributed by atoms with Crippen LogP contribution >= 0.6 is 0 Å². The molecule has 0 bridgehead atoms. The molecule has 1 saturated heterocycles. The molecule has 4 rings (SSSR count). The summed E-state index contributed by atoms with van der Waals surface area (Å²) in [6.07, 6.45) is 4.70. The standard InChI is InChI=1S/C21H26N4O2/c1-2-25-16-23-20-19(17-7-4-3-5-8-17)22-15-18(21(20)25)27-12-6-9-24-10-13-26-14-11-24/h3-5,7-8,15-16H,2,6,9-14H2,1H3. The third-order valence-corrected chi connectivity index (χ3v) is 4.97. The lowest BCUT2D eigenvalue weighted by Crippen LogP contribution is -2.37. The first-order chi connectivity index (χ1) is 13.4. The van der Waals surface area contributed by atoms with Crippen molar-refractivity contribution in [3.05, 3.63) is 42.9 Å². The summed E-state index contributed by atoms with van der Waals surface area (Å²) in [5.41, 5.74) is 3.90. The maximum atomic E-state index is 6.12. The van der Waals surface area contributed by atoms with Crippen molar-refractivity contribution < 1.29 is 9.47 Å². The van der Waals surface area contributed by atoms with Gasteiger partial charge in [0.25, 0.3) is 0 Å². The zero-order valence-electron chi connectivity index (χ0n) is 15.8. The Morgan fingerprint density at radius 2 is 1.93 bits per heavy atom. The number of benzene rings is 1. The van der Waals surface area contributed by atoms with Crippen LogP contribution in [0.1, 0.15) is 13.3 Å². The number of rotatable bonds is 7. The number of aromatic nitrogens is 3. The molecule has 1 aromatic carbocycles. The SMILES string of the molecule is CCn1cnc2c(-c3ccccc3)ncc(OCCCN3CCOCC3)c21. The third kappa shape index (κ3) is 3.96. The Balaban J connectivity index is 1.51. The van der Waals surface area contributed by atoms with Gasteiger partial charge in [0, 0.05) is 31.7 Å². The fourth-order valence-electron chi connectivity index (χ4n) is 3.51. The topological polar surface area (TPSA) is 52.4 Å². The number of morpholine rings is 1. The molecule has 27 heavy (non-hydrogen) atoms. The lowest BCUT2D eigenvalue weighted by Gasteiger charge is -2.26. The van der Waals surface area contributed by atoms with Gasteiger partial charge in [0.1, 0.15) is 11.0 Å². The van der Waals surface area contributed by atoms with Crippen LogP contribution < -0.4 is 4.74 Å². The first-order valence-electron chi connectivity index (χ1n) is 9.69. The van der Waals surface area contributed by atoms with Crippen molar-refractivity contribution in [2.45, 2.75) is 19.9 Å². The van der Waals surface area contributed by atoms with Crippen molar-refractivity contribution in [3.63, 3.8) is 0 Å². The summed E-state index contributed by atoms with van der Waals surface area (Å²) in [5, 5.41) is 0. The monoisotopic (exact) mass is 366 g/mol. The van der Waals surface area contributed by atoms with E-state index in [1.165, 1.54) is 0 Å². The average molecular weight is 366 g/mol. The molecule has 3 aromatic rings. The fraction of sp³-hybridized carbons (Fsp3) is 0.429. The number of aryl methyl sites for hydroxylation is 1. The Morgan fingerprint density at radius 1 is 1.11 bits per heavy atom. The molecule has 0 N–H and O–H groups in total. The molecule has 6 heteroatoms. The number of hydrogen-bond acceptors (Lipinski definition) is 5. The maximum Gasteiger partial charge on any atom is 0.163 e. The van der Waals surface area contributed by atoms with Gasteiger partial charge in [-0.1, -0.05) is 30.3 Å². The summed E-state index contributed by atoms with van der Waals surface area (Å²) >= 11 is 0. The van der Waals surface area contributed by atoms with Crippen molar-refractivity contribution in [1.82, 2.24) is 19.4 Å². The second-order valence-electron chi connectivity index (χ2n) is 6.72. The molecule has 142 valence electrons. The lowest BCUT2D eigenvalue weighted by molar-refractivity contribution is 0.0358. The predicted octanol–water partition coefficient (Wildman–Crippen LogP) is 3.22. The molecule has 0 radical (unpaired) electrons. The number of fused-ring (bicyclic) bond motifs is 1. The van der Waals surface area contributed by atoms with Gasteiger partial charge in [-0.3, -0.25) is 4.90 Å². The smallest absolute Gasteiger partial charge is 0.163 e. The molecule has 0 unspecified atom stereocenters. The van der Waals surface area contributed by atoms with E-state index in [9.17, 15) is 0 Å². The van der Waals surface area contributed by atoms with Crippen molar-refractivity contribution in [2.24, 2.45) is 0 Å². The summed E-state index contributed by atoms with van der Waals surface area (Å²) in [5.74, 6) is 0.811. The molecule has 1 aliphatic heterocycles. The minimum absolute atomic E-state index is 0.674. The van der Waals surface area contributed by atoms with Crippen molar-refractivity contribution in [3.8, 4) is 17.0 Å².